The van der Waals surface area contributed by atoms with E-state index in [4.69, 9.17) is 9.97 Å². The predicted octanol–water partition coefficient (Wildman–Crippen LogP) is 13.9. The molecule has 4 aromatic rings. The first kappa shape index (κ1) is 33.5. The van der Waals surface area contributed by atoms with Gasteiger partial charge >= 0.3 is 0 Å². The zero-order valence-corrected chi connectivity index (χ0v) is 31.5. The summed E-state index contributed by atoms with van der Waals surface area (Å²) in [5, 5.41) is 2.46. The third-order valence-corrected chi connectivity index (χ3v) is 13.1. The second kappa shape index (κ2) is 14.3. The van der Waals surface area contributed by atoms with Crippen molar-refractivity contribution in [3.05, 3.63) is 142 Å². The fourth-order valence-corrected chi connectivity index (χ4v) is 10.3. The lowest BCUT2D eigenvalue weighted by Crippen LogP contribution is -2.25. The van der Waals surface area contributed by atoms with Crippen LogP contribution < -0.4 is 0 Å². The Kier molecular flexibility index (Phi) is 9.20. The van der Waals surface area contributed by atoms with E-state index in [2.05, 4.69) is 118 Å². The zero-order valence-electron chi connectivity index (χ0n) is 31.5. The summed E-state index contributed by atoms with van der Waals surface area (Å²) in [5.41, 5.74) is 16.3. The van der Waals surface area contributed by atoms with E-state index in [1.54, 1.807) is 0 Å². The average molecular weight is 683 g/mol. The Morgan fingerprint density at radius 2 is 1.65 bits per heavy atom. The van der Waals surface area contributed by atoms with Crippen LogP contribution in [0.5, 0.6) is 0 Å². The molecule has 264 valence electrons. The van der Waals surface area contributed by atoms with Gasteiger partial charge in [0.15, 0.2) is 0 Å². The maximum absolute atomic E-state index is 5.50. The van der Waals surface area contributed by atoms with Gasteiger partial charge in [0.1, 0.15) is 0 Å². The number of benzene rings is 2. The summed E-state index contributed by atoms with van der Waals surface area (Å²) in [6.07, 6.45) is 31.7. The molecular formula is C50H54N2. The largest absolute Gasteiger partial charge is 0.250 e. The fourth-order valence-electron chi connectivity index (χ4n) is 10.3. The second-order valence-corrected chi connectivity index (χ2v) is 16.3. The Morgan fingerprint density at radius 3 is 2.48 bits per heavy atom. The van der Waals surface area contributed by atoms with Crippen LogP contribution in [0, 0.1) is 11.8 Å². The van der Waals surface area contributed by atoms with Crippen LogP contribution in [0.4, 0.5) is 0 Å². The monoisotopic (exact) mass is 682 g/mol. The van der Waals surface area contributed by atoms with Crippen LogP contribution in [0.2, 0.25) is 0 Å². The van der Waals surface area contributed by atoms with Crippen molar-refractivity contribution in [2.75, 3.05) is 0 Å². The summed E-state index contributed by atoms with van der Waals surface area (Å²) < 4.78 is 0. The van der Waals surface area contributed by atoms with Gasteiger partial charge < -0.3 is 0 Å². The number of hydrogen-bond acceptors (Lipinski definition) is 2. The third kappa shape index (κ3) is 5.97. The maximum atomic E-state index is 5.50. The van der Waals surface area contributed by atoms with E-state index in [9.17, 15) is 0 Å². The first-order chi connectivity index (χ1) is 25.6. The molecule has 0 amide bonds. The molecule has 2 heterocycles. The third-order valence-electron chi connectivity index (χ3n) is 13.1. The van der Waals surface area contributed by atoms with Crippen molar-refractivity contribution in [1.82, 2.24) is 9.97 Å². The normalized spacial score (nSPS) is 23.5. The molecule has 9 rings (SSSR count). The van der Waals surface area contributed by atoms with Gasteiger partial charge in [-0.2, -0.15) is 0 Å². The Balaban J connectivity index is 1.20. The van der Waals surface area contributed by atoms with Gasteiger partial charge in [-0.05, 0) is 126 Å². The molecule has 0 N–H and O–H groups in total. The molecule has 0 unspecified atom stereocenters. The molecule has 0 saturated heterocycles. The number of fused-ring (bicyclic) bond motifs is 5. The molecule has 2 aromatic carbocycles. The average Bonchev–Trinajstić information content (AvgIpc) is 3.20. The van der Waals surface area contributed by atoms with Gasteiger partial charge in [-0.3, -0.25) is 9.97 Å². The molecule has 1 fully saturated rings. The number of nitrogens with zero attached hydrogens (tertiary/aromatic N) is 2. The van der Waals surface area contributed by atoms with Crippen molar-refractivity contribution in [3.8, 4) is 0 Å². The Bertz CT molecular complexity index is 2210. The fraction of sp³-hybridized carbons (Fsp3) is 0.400. The van der Waals surface area contributed by atoms with E-state index in [0.717, 1.165) is 49.6 Å². The molecule has 0 bridgehead atoms. The molecule has 0 aliphatic heterocycles. The number of pyridine rings is 2. The standard InChI is InChI=1S/C50H54N2/c1-4-33(5-2)46-31-44(43-28-26-36-27-29-45(34-14-7-6-8-15-34)51-49(36)50(43)52-46)37-16-13-17-38(30-37)48-41-20-11-9-18-39(41)47(35-24-22-32(3)23-25-35)40-19-10-12-21-42(40)48/h9,11-12,17-18,20-22,24-34,40,47H,4-8,10,13-16,19,23H2,1-3H3/t32-,40-,47-/m0/s1. The van der Waals surface area contributed by atoms with Crippen LogP contribution in [0.15, 0.2) is 114 Å². The minimum absolute atomic E-state index is 0.419. The van der Waals surface area contributed by atoms with E-state index >= 15 is 0 Å². The van der Waals surface area contributed by atoms with Crippen LogP contribution in [0.3, 0.4) is 0 Å². The van der Waals surface area contributed by atoms with Gasteiger partial charge in [0.05, 0.1) is 11.0 Å². The zero-order chi connectivity index (χ0) is 35.2. The molecule has 52 heavy (non-hydrogen) atoms. The van der Waals surface area contributed by atoms with Crippen molar-refractivity contribution in [1.29, 1.82) is 0 Å². The van der Waals surface area contributed by atoms with Crippen molar-refractivity contribution in [3.63, 3.8) is 0 Å². The molecule has 5 aliphatic rings. The molecule has 0 radical (unpaired) electrons. The molecule has 2 nitrogen and oxygen atoms in total. The summed E-state index contributed by atoms with van der Waals surface area (Å²) in [6, 6.07) is 21.0. The highest BCUT2D eigenvalue weighted by Gasteiger charge is 2.38. The Morgan fingerprint density at radius 1 is 0.808 bits per heavy atom. The van der Waals surface area contributed by atoms with Crippen LogP contribution in [-0.2, 0) is 0 Å². The molecule has 2 aromatic heterocycles. The van der Waals surface area contributed by atoms with Crippen molar-refractivity contribution < 1.29 is 0 Å². The summed E-state index contributed by atoms with van der Waals surface area (Å²) in [7, 11) is 0. The van der Waals surface area contributed by atoms with Crippen molar-refractivity contribution >= 4 is 33.0 Å². The van der Waals surface area contributed by atoms with E-state index in [-0.39, 0.29) is 0 Å². The van der Waals surface area contributed by atoms with E-state index in [0.29, 0.717) is 29.6 Å². The smallest absolute Gasteiger partial charge is 0.0974 e. The van der Waals surface area contributed by atoms with E-state index < -0.39 is 0 Å². The molecule has 0 spiro atoms. The lowest BCUT2D eigenvalue weighted by atomic mass is 9.63. The highest BCUT2D eigenvalue weighted by atomic mass is 14.8. The minimum Gasteiger partial charge on any atom is -0.250 e. The minimum atomic E-state index is 0.419. The highest BCUT2D eigenvalue weighted by Crippen LogP contribution is 2.53. The van der Waals surface area contributed by atoms with Crippen molar-refractivity contribution in [2.24, 2.45) is 11.8 Å². The summed E-state index contributed by atoms with van der Waals surface area (Å²) >= 11 is 0. The van der Waals surface area contributed by atoms with Gasteiger partial charge in [-0.25, -0.2) is 0 Å². The SMILES string of the molecule is CCC(CC)c1cc(C2=CC(C3=C4C=CCC[C@@H]4[C@@H](C4=CC[C@@H](C)C=C4)c4ccccc43)=CCC2)c2ccc3ccc(C4CCCCC4)nc3c2n1. The van der Waals surface area contributed by atoms with Gasteiger partial charge in [-0.15, -0.1) is 0 Å². The number of hydrogen-bond donors (Lipinski definition) is 0. The predicted molar refractivity (Wildman–Crippen MR) is 220 cm³/mol. The summed E-state index contributed by atoms with van der Waals surface area (Å²) in [6.45, 7) is 6.97. The topological polar surface area (TPSA) is 25.8 Å². The molecule has 1 saturated carbocycles. The van der Waals surface area contributed by atoms with Crippen molar-refractivity contribution in [2.45, 2.75) is 116 Å². The molecular weight excluding hydrogens is 629 g/mol. The van der Waals surface area contributed by atoms with E-state index in [1.807, 2.05) is 0 Å². The molecule has 2 heteroatoms. The number of allylic oxidation sites excluding steroid dienone is 12. The van der Waals surface area contributed by atoms with Crippen LogP contribution in [-0.4, -0.2) is 9.97 Å². The molecule has 5 aliphatic carbocycles. The Labute approximate surface area is 311 Å². The quantitative estimate of drug-likeness (QED) is 0.181. The Hall–Kier alpha value is -4.30. The summed E-state index contributed by atoms with van der Waals surface area (Å²) in [4.78, 5) is 11.0. The first-order valence-electron chi connectivity index (χ1n) is 20.6. The summed E-state index contributed by atoms with van der Waals surface area (Å²) in [5.74, 6) is 2.55. The first-order valence-corrected chi connectivity index (χ1v) is 20.6. The maximum Gasteiger partial charge on any atom is 0.0974 e. The lowest BCUT2D eigenvalue weighted by Gasteiger charge is -2.40. The van der Waals surface area contributed by atoms with Crippen LogP contribution in [0.25, 0.3) is 33.0 Å². The van der Waals surface area contributed by atoms with Crippen LogP contribution in [0.1, 0.15) is 144 Å². The molecule has 3 atom stereocenters. The number of rotatable bonds is 7. The van der Waals surface area contributed by atoms with Gasteiger partial charge in [0, 0.05) is 39.9 Å². The van der Waals surface area contributed by atoms with Gasteiger partial charge in [0.25, 0.3) is 0 Å². The number of aromatic nitrogens is 2. The lowest BCUT2D eigenvalue weighted by molar-refractivity contribution is 0.437. The van der Waals surface area contributed by atoms with E-state index in [1.165, 1.54) is 105 Å². The van der Waals surface area contributed by atoms with Gasteiger partial charge in [-0.1, -0.05) is 125 Å². The van der Waals surface area contributed by atoms with Crippen LogP contribution >= 0.6 is 0 Å². The second-order valence-electron chi connectivity index (χ2n) is 16.3. The highest BCUT2D eigenvalue weighted by molar-refractivity contribution is 6.07. The van der Waals surface area contributed by atoms with Gasteiger partial charge in [0.2, 0.25) is 0 Å².